The third-order valence-corrected chi connectivity index (χ3v) is 3.23. The number of hydrogen-bond acceptors (Lipinski definition) is 3. The SMILES string of the molecule is CC(CC1CC1)Nc1cnc2ccccc2n1. The molecule has 3 rings (SSSR count). The molecule has 1 unspecified atom stereocenters. The van der Waals surface area contributed by atoms with E-state index in [0.29, 0.717) is 6.04 Å². The largest absolute Gasteiger partial charge is 0.366 e. The lowest BCUT2D eigenvalue weighted by Crippen LogP contribution is -2.16. The van der Waals surface area contributed by atoms with Crippen molar-refractivity contribution in [2.45, 2.75) is 32.2 Å². The molecule has 1 fully saturated rings. The minimum absolute atomic E-state index is 0.484. The average Bonchev–Trinajstić information content (AvgIpc) is 3.12. The van der Waals surface area contributed by atoms with Gasteiger partial charge in [0.1, 0.15) is 5.82 Å². The van der Waals surface area contributed by atoms with E-state index < -0.39 is 0 Å². The van der Waals surface area contributed by atoms with Crippen molar-refractivity contribution in [1.29, 1.82) is 0 Å². The summed E-state index contributed by atoms with van der Waals surface area (Å²) in [6, 6.07) is 8.45. The Balaban J connectivity index is 1.75. The molecule has 1 atom stereocenters. The molecule has 3 heteroatoms. The molecule has 0 bridgehead atoms. The summed E-state index contributed by atoms with van der Waals surface area (Å²) >= 11 is 0. The predicted octanol–water partition coefficient (Wildman–Crippen LogP) is 3.23. The van der Waals surface area contributed by atoms with Crippen LogP contribution in [0.4, 0.5) is 5.82 Å². The van der Waals surface area contributed by atoms with E-state index in [4.69, 9.17) is 0 Å². The molecule has 3 nitrogen and oxygen atoms in total. The molecule has 1 aromatic carbocycles. The Kier molecular flexibility index (Phi) is 2.67. The van der Waals surface area contributed by atoms with Gasteiger partial charge in [-0.1, -0.05) is 25.0 Å². The lowest BCUT2D eigenvalue weighted by atomic mass is 10.1. The number of benzene rings is 1. The van der Waals surface area contributed by atoms with Gasteiger partial charge >= 0.3 is 0 Å². The number of para-hydroxylation sites is 2. The summed E-state index contributed by atoms with van der Waals surface area (Å²) in [6.45, 7) is 2.22. The Hall–Kier alpha value is -1.64. The monoisotopic (exact) mass is 227 g/mol. The first-order valence-electron chi connectivity index (χ1n) is 6.29. The Morgan fingerprint density at radius 3 is 2.82 bits per heavy atom. The lowest BCUT2D eigenvalue weighted by molar-refractivity contribution is 0.640. The summed E-state index contributed by atoms with van der Waals surface area (Å²) in [5.74, 6) is 1.82. The van der Waals surface area contributed by atoms with Crippen LogP contribution in [-0.4, -0.2) is 16.0 Å². The van der Waals surface area contributed by atoms with Crippen molar-refractivity contribution in [3.8, 4) is 0 Å². The van der Waals surface area contributed by atoms with E-state index in [9.17, 15) is 0 Å². The number of nitrogens with one attached hydrogen (secondary N) is 1. The van der Waals surface area contributed by atoms with Crippen LogP contribution in [0.1, 0.15) is 26.2 Å². The van der Waals surface area contributed by atoms with E-state index in [-0.39, 0.29) is 0 Å². The predicted molar refractivity (Wildman–Crippen MR) is 70.0 cm³/mol. The third-order valence-electron chi connectivity index (χ3n) is 3.23. The highest BCUT2D eigenvalue weighted by Crippen LogP contribution is 2.33. The minimum atomic E-state index is 0.484. The molecule has 0 saturated heterocycles. The van der Waals surface area contributed by atoms with Crippen molar-refractivity contribution in [2.75, 3.05) is 5.32 Å². The molecule has 1 aromatic heterocycles. The van der Waals surface area contributed by atoms with E-state index in [1.54, 1.807) is 0 Å². The summed E-state index contributed by atoms with van der Waals surface area (Å²) < 4.78 is 0. The first-order chi connectivity index (χ1) is 8.31. The molecule has 1 aliphatic carbocycles. The van der Waals surface area contributed by atoms with Crippen LogP contribution in [0.3, 0.4) is 0 Å². The van der Waals surface area contributed by atoms with Gasteiger partial charge in [0.25, 0.3) is 0 Å². The number of nitrogens with zero attached hydrogens (tertiary/aromatic N) is 2. The van der Waals surface area contributed by atoms with Crippen LogP contribution < -0.4 is 5.32 Å². The maximum Gasteiger partial charge on any atom is 0.145 e. The van der Waals surface area contributed by atoms with E-state index in [0.717, 1.165) is 22.8 Å². The van der Waals surface area contributed by atoms with Crippen LogP contribution in [0.15, 0.2) is 30.5 Å². The number of fused-ring (bicyclic) bond motifs is 1. The first kappa shape index (κ1) is 10.5. The Bertz CT molecular complexity index is 520. The van der Waals surface area contributed by atoms with E-state index in [2.05, 4.69) is 22.2 Å². The van der Waals surface area contributed by atoms with Crippen LogP contribution in [-0.2, 0) is 0 Å². The Labute approximate surface area is 101 Å². The van der Waals surface area contributed by atoms with Gasteiger partial charge in [0, 0.05) is 6.04 Å². The third kappa shape index (κ3) is 2.54. The smallest absolute Gasteiger partial charge is 0.145 e. The van der Waals surface area contributed by atoms with E-state index >= 15 is 0 Å². The Morgan fingerprint density at radius 2 is 2.06 bits per heavy atom. The van der Waals surface area contributed by atoms with Crippen LogP contribution in [0.25, 0.3) is 11.0 Å². The molecule has 0 spiro atoms. The molecule has 0 aliphatic heterocycles. The minimum Gasteiger partial charge on any atom is -0.366 e. The maximum absolute atomic E-state index is 4.57. The van der Waals surface area contributed by atoms with Gasteiger partial charge in [-0.2, -0.15) is 0 Å². The summed E-state index contributed by atoms with van der Waals surface area (Å²) in [4.78, 5) is 8.97. The van der Waals surface area contributed by atoms with Crippen molar-refractivity contribution < 1.29 is 0 Å². The fourth-order valence-corrected chi connectivity index (χ4v) is 2.19. The van der Waals surface area contributed by atoms with Crippen LogP contribution >= 0.6 is 0 Å². The van der Waals surface area contributed by atoms with Crippen molar-refractivity contribution in [2.24, 2.45) is 5.92 Å². The molecule has 1 saturated carbocycles. The maximum atomic E-state index is 4.57. The van der Waals surface area contributed by atoms with Gasteiger partial charge in [0.2, 0.25) is 0 Å². The molecule has 1 N–H and O–H groups in total. The van der Waals surface area contributed by atoms with Crippen LogP contribution in [0.2, 0.25) is 0 Å². The van der Waals surface area contributed by atoms with Crippen molar-refractivity contribution in [3.05, 3.63) is 30.5 Å². The van der Waals surface area contributed by atoms with Crippen molar-refractivity contribution in [3.63, 3.8) is 0 Å². The van der Waals surface area contributed by atoms with Crippen LogP contribution in [0.5, 0.6) is 0 Å². The zero-order valence-corrected chi connectivity index (χ0v) is 10.1. The second kappa shape index (κ2) is 4.32. The van der Waals surface area contributed by atoms with E-state index in [1.165, 1.54) is 19.3 Å². The summed E-state index contributed by atoms with van der Waals surface area (Å²) in [5, 5.41) is 3.43. The average molecular weight is 227 g/mol. The normalized spacial score (nSPS) is 17.0. The summed E-state index contributed by atoms with van der Waals surface area (Å²) in [6.07, 6.45) is 5.87. The highest BCUT2D eigenvalue weighted by atomic mass is 15.0. The van der Waals surface area contributed by atoms with Gasteiger partial charge in [0.05, 0.1) is 17.2 Å². The molecule has 88 valence electrons. The highest BCUT2D eigenvalue weighted by molar-refractivity contribution is 5.75. The van der Waals surface area contributed by atoms with Crippen molar-refractivity contribution in [1.82, 2.24) is 9.97 Å². The van der Waals surface area contributed by atoms with Crippen LogP contribution in [0, 0.1) is 5.92 Å². The molecular weight excluding hydrogens is 210 g/mol. The zero-order valence-electron chi connectivity index (χ0n) is 10.1. The topological polar surface area (TPSA) is 37.8 Å². The van der Waals surface area contributed by atoms with Gasteiger partial charge in [0.15, 0.2) is 0 Å². The molecule has 1 aliphatic rings. The number of anilines is 1. The molecule has 0 radical (unpaired) electrons. The second-order valence-electron chi connectivity index (χ2n) is 4.97. The summed E-state index contributed by atoms with van der Waals surface area (Å²) in [5.41, 5.74) is 1.91. The molecule has 17 heavy (non-hydrogen) atoms. The fourth-order valence-electron chi connectivity index (χ4n) is 2.19. The van der Waals surface area contributed by atoms with E-state index in [1.807, 2.05) is 30.5 Å². The fraction of sp³-hybridized carbons (Fsp3) is 0.429. The number of aromatic nitrogens is 2. The molecular formula is C14H17N3. The van der Waals surface area contributed by atoms with Gasteiger partial charge in [-0.25, -0.2) is 4.98 Å². The first-order valence-corrected chi connectivity index (χ1v) is 6.29. The lowest BCUT2D eigenvalue weighted by Gasteiger charge is -2.13. The number of hydrogen-bond donors (Lipinski definition) is 1. The summed E-state index contributed by atoms with van der Waals surface area (Å²) in [7, 11) is 0. The van der Waals surface area contributed by atoms with Gasteiger partial charge in [-0.05, 0) is 31.4 Å². The van der Waals surface area contributed by atoms with Gasteiger partial charge in [-0.15, -0.1) is 0 Å². The molecule has 1 heterocycles. The quantitative estimate of drug-likeness (QED) is 0.871. The van der Waals surface area contributed by atoms with Gasteiger partial charge < -0.3 is 5.32 Å². The standard InChI is InChI=1S/C14H17N3/c1-10(8-11-6-7-11)16-14-9-15-12-4-2-3-5-13(12)17-14/h2-5,9-11H,6-8H2,1H3,(H,16,17). The zero-order chi connectivity index (χ0) is 11.7. The van der Waals surface area contributed by atoms with Gasteiger partial charge in [-0.3, -0.25) is 4.98 Å². The second-order valence-corrected chi connectivity index (χ2v) is 4.97. The van der Waals surface area contributed by atoms with Crippen molar-refractivity contribution >= 4 is 16.9 Å². The number of rotatable bonds is 4. The molecule has 0 amide bonds. The Morgan fingerprint density at radius 1 is 1.29 bits per heavy atom. The highest BCUT2D eigenvalue weighted by Gasteiger charge is 2.23. The molecule has 2 aromatic rings.